The lowest BCUT2D eigenvalue weighted by molar-refractivity contribution is 0.218. The van der Waals surface area contributed by atoms with E-state index in [9.17, 15) is 16.8 Å². The fourth-order valence-electron chi connectivity index (χ4n) is 0.869. The van der Waals surface area contributed by atoms with Crippen LogP contribution in [0.1, 0.15) is 40.5 Å². The van der Waals surface area contributed by atoms with Gasteiger partial charge in [0.15, 0.2) is 0 Å². The molecule has 0 aliphatic heterocycles. The molecule has 0 aromatic rings. The molecule has 0 rings (SSSR count). The van der Waals surface area contributed by atoms with E-state index in [1.807, 2.05) is 0 Å². The van der Waals surface area contributed by atoms with Crippen LogP contribution < -0.4 is 0 Å². The van der Waals surface area contributed by atoms with Crippen molar-refractivity contribution in [2.24, 2.45) is 0 Å². The van der Waals surface area contributed by atoms with Crippen LogP contribution in [0, 0.1) is 0 Å². The van der Waals surface area contributed by atoms with Gasteiger partial charge >= 0.3 is 0 Å². The highest BCUT2D eigenvalue weighted by molar-refractivity contribution is 8.03. The average molecular weight is 288 g/mol. The summed E-state index contributed by atoms with van der Waals surface area (Å²) in [5.41, 5.74) is 0. The Hall–Kier alpha value is -0.180. The van der Waals surface area contributed by atoms with Gasteiger partial charge in [0.05, 0.1) is 12.2 Å². The molecule has 0 saturated carbocycles. The van der Waals surface area contributed by atoms with Crippen LogP contribution in [0.3, 0.4) is 0 Å². The van der Waals surface area contributed by atoms with Gasteiger partial charge in [-0.1, -0.05) is 13.8 Å². The molecule has 0 radical (unpaired) electrons. The second-order valence-electron chi connectivity index (χ2n) is 3.86. The van der Waals surface area contributed by atoms with Gasteiger partial charge in [0.1, 0.15) is 0 Å². The van der Waals surface area contributed by atoms with Crippen LogP contribution in [0.4, 0.5) is 0 Å². The maximum Gasteiger partial charge on any atom is 0.284 e. The summed E-state index contributed by atoms with van der Waals surface area (Å²) in [7, 11) is -8.23. The number of hydrogen-bond donors (Lipinski definition) is 0. The second kappa shape index (κ2) is 6.67. The lowest BCUT2D eigenvalue weighted by atomic mass is 10.3. The Morgan fingerprint density at radius 2 is 1.12 bits per heavy atom. The van der Waals surface area contributed by atoms with Crippen molar-refractivity contribution < 1.29 is 25.2 Å². The summed E-state index contributed by atoms with van der Waals surface area (Å²) in [6, 6.07) is 0. The first-order valence-electron chi connectivity index (χ1n) is 5.43. The van der Waals surface area contributed by atoms with E-state index < -0.39 is 37.5 Å². The summed E-state index contributed by atoms with van der Waals surface area (Å²) < 4.78 is 54.9. The molecule has 2 unspecified atom stereocenters. The summed E-state index contributed by atoms with van der Waals surface area (Å²) >= 11 is 0. The van der Waals surface area contributed by atoms with Gasteiger partial charge in [-0.3, -0.25) is 8.37 Å². The highest BCUT2D eigenvalue weighted by Gasteiger charge is 2.26. The maximum atomic E-state index is 11.4. The van der Waals surface area contributed by atoms with Crippen LogP contribution in [0.15, 0.2) is 0 Å². The molecule has 0 aromatic carbocycles. The molecule has 0 amide bonds. The van der Waals surface area contributed by atoms with Crippen molar-refractivity contribution in [1.29, 1.82) is 0 Å². The summed E-state index contributed by atoms with van der Waals surface area (Å²) in [5, 5.41) is -1.14. The summed E-state index contributed by atoms with van der Waals surface area (Å²) in [5.74, 6) is 0. The highest BCUT2D eigenvalue weighted by Crippen LogP contribution is 2.10. The predicted octanol–water partition coefficient (Wildman–Crippen LogP) is 1.23. The zero-order chi connectivity index (χ0) is 13.7. The van der Waals surface area contributed by atoms with Crippen molar-refractivity contribution in [3.8, 4) is 0 Å². The molecule has 0 bridgehead atoms. The van der Waals surface area contributed by atoms with E-state index in [1.165, 1.54) is 0 Å². The first-order chi connectivity index (χ1) is 7.62. The van der Waals surface area contributed by atoms with Crippen molar-refractivity contribution in [2.45, 2.75) is 52.7 Å². The minimum absolute atomic E-state index is 0.478. The predicted molar refractivity (Wildman–Crippen MR) is 64.4 cm³/mol. The van der Waals surface area contributed by atoms with Gasteiger partial charge in [-0.25, -0.2) is 0 Å². The third-order valence-corrected chi connectivity index (χ3v) is 5.61. The summed E-state index contributed by atoms with van der Waals surface area (Å²) in [4.78, 5) is 0. The fraction of sp³-hybridized carbons (Fsp3) is 1.00. The van der Waals surface area contributed by atoms with E-state index in [4.69, 9.17) is 0 Å². The molecular formula is C9H20O6S2. The first-order valence-corrected chi connectivity index (χ1v) is 8.59. The van der Waals surface area contributed by atoms with Crippen LogP contribution >= 0.6 is 0 Å². The summed E-state index contributed by atoms with van der Waals surface area (Å²) in [6.45, 7) is 6.59. The van der Waals surface area contributed by atoms with Gasteiger partial charge in [-0.2, -0.15) is 16.8 Å². The Labute approximate surface area is 104 Å². The highest BCUT2D eigenvalue weighted by atomic mass is 32.3. The molecule has 0 spiro atoms. The molecule has 0 heterocycles. The van der Waals surface area contributed by atoms with Crippen LogP contribution in [0.2, 0.25) is 0 Å². The molecule has 2 atom stereocenters. The molecule has 17 heavy (non-hydrogen) atoms. The molecular weight excluding hydrogens is 268 g/mol. The lowest BCUT2D eigenvalue weighted by Gasteiger charge is -2.13. The standard InChI is InChI=1S/C9H20O6S2/c1-5-8(3)14-16(10,11)7-17(12,13)15-9(4)6-2/h8-9H,5-7H2,1-4H3. The second-order valence-corrected chi connectivity index (χ2v) is 7.42. The van der Waals surface area contributed by atoms with E-state index in [0.717, 1.165) is 0 Å². The van der Waals surface area contributed by atoms with Gasteiger partial charge in [0.2, 0.25) is 5.08 Å². The smallest absolute Gasteiger partial charge is 0.266 e. The van der Waals surface area contributed by atoms with Crippen molar-refractivity contribution in [3.05, 3.63) is 0 Å². The largest absolute Gasteiger partial charge is 0.284 e. The van der Waals surface area contributed by atoms with E-state index in [1.54, 1.807) is 27.7 Å². The van der Waals surface area contributed by atoms with Crippen LogP contribution in [-0.2, 0) is 28.6 Å². The summed E-state index contributed by atoms with van der Waals surface area (Å²) in [6.07, 6.45) is -0.130. The first kappa shape index (κ1) is 16.8. The van der Waals surface area contributed by atoms with Gasteiger partial charge in [0.25, 0.3) is 20.2 Å². The van der Waals surface area contributed by atoms with E-state index in [0.29, 0.717) is 12.8 Å². The van der Waals surface area contributed by atoms with Crippen molar-refractivity contribution in [2.75, 3.05) is 5.08 Å². The van der Waals surface area contributed by atoms with E-state index in [2.05, 4.69) is 8.37 Å². The Bertz CT molecular complexity index is 371. The van der Waals surface area contributed by atoms with Crippen LogP contribution in [0.5, 0.6) is 0 Å². The Kier molecular flexibility index (Phi) is 6.60. The third-order valence-electron chi connectivity index (χ3n) is 2.06. The Morgan fingerprint density at radius 1 is 0.824 bits per heavy atom. The van der Waals surface area contributed by atoms with Crippen LogP contribution in [-0.4, -0.2) is 34.1 Å². The van der Waals surface area contributed by atoms with Gasteiger partial charge in [-0.15, -0.1) is 0 Å². The zero-order valence-corrected chi connectivity index (χ0v) is 12.2. The van der Waals surface area contributed by atoms with Crippen molar-refractivity contribution in [1.82, 2.24) is 0 Å². The fourth-order valence-corrected chi connectivity index (χ4v) is 4.00. The molecule has 6 nitrogen and oxygen atoms in total. The van der Waals surface area contributed by atoms with Gasteiger partial charge in [0, 0.05) is 0 Å². The SMILES string of the molecule is CCC(C)OS(=O)(=O)CS(=O)(=O)OC(C)CC. The Morgan fingerprint density at radius 3 is 1.35 bits per heavy atom. The third kappa shape index (κ3) is 7.69. The van der Waals surface area contributed by atoms with Gasteiger partial charge in [-0.05, 0) is 26.7 Å². The molecule has 104 valence electrons. The minimum atomic E-state index is -4.12. The van der Waals surface area contributed by atoms with E-state index in [-0.39, 0.29) is 0 Å². The Balaban J connectivity index is 4.61. The quantitative estimate of drug-likeness (QED) is 0.624. The number of hydrogen-bond acceptors (Lipinski definition) is 6. The van der Waals surface area contributed by atoms with Crippen molar-refractivity contribution >= 4 is 20.2 Å². The zero-order valence-electron chi connectivity index (χ0n) is 10.5. The molecule has 0 N–H and O–H groups in total. The monoisotopic (exact) mass is 288 g/mol. The minimum Gasteiger partial charge on any atom is -0.266 e. The van der Waals surface area contributed by atoms with E-state index >= 15 is 0 Å². The number of rotatable bonds is 8. The molecule has 8 heteroatoms. The molecule has 0 aromatic heterocycles. The maximum absolute atomic E-state index is 11.4. The molecule has 0 aliphatic rings. The van der Waals surface area contributed by atoms with Crippen molar-refractivity contribution in [3.63, 3.8) is 0 Å². The average Bonchev–Trinajstić information content (AvgIpc) is 2.13. The topological polar surface area (TPSA) is 86.7 Å². The van der Waals surface area contributed by atoms with Gasteiger partial charge < -0.3 is 0 Å². The lowest BCUT2D eigenvalue weighted by Crippen LogP contribution is -2.26. The molecule has 0 aliphatic carbocycles. The molecule has 0 fully saturated rings. The van der Waals surface area contributed by atoms with Crippen LogP contribution in [0.25, 0.3) is 0 Å². The molecule has 0 saturated heterocycles. The normalized spacial score (nSPS) is 16.7.